The van der Waals surface area contributed by atoms with E-state index in [1.165, 1.54) is 6.20 Å². The summed E-state index contributed by atoms with van der Waals surface area (Å²) in [5.74, 6) is -0.560. The van der Waals surface area contributed by atoms with Gasteiger partial charge in [-0.05, 0) is 22.0 Å². The van der Waals surface area contributed by atoms with Crippen LogP contribution in [0.5, 0.6) is 0 Å². The van der Waals surface area contributed by atoms with Gasteiger partial charge in [-0.25, -0.2) is 4.98 Å². The van der Waals surface area contributed by atoms with E-state index >= 15 is 0 Å². The molecule has 0 atom stereocenters. The smallest absolute Gasteiger partial charge is 0.267 e. The van der Waals surface area contributed by atoms with Crippen molar-refractivity contribution in [3.05, 3.63) is 39.6 Å². The predicted octanol–water partition coefficient (Wildman–Crippen LogP) is 2.75. The van der Waals surface area contributed by atoms with Crippen molar-refractivity contribution in [2.45, 2.75) is 0 Å². The molecule has 3 nitrogen and oxygen atoms in total. The van der Waals surface area contributed by atoms with Crippen molar-refractivity contribution < 1.29 is 4.79 Å². The third-order valence-corrected chi connectivity index (χ3v) is 2.96. The molecule has 5 heteroatoms. The molecule has 2 N–H and O–H groups in total. The minimum absolute atomic E-state index is 0.232. The number of fused-ring (bicyclic) bond motifs is 1. The summed E-state index contributed by atoms with van der Waals surface area (Å²) in [6.07, 6.45) is 1.52. The first-order chi connectivity index (χ1) is 7.11. The molecular weight excluding hydrogens is 279 g/mol. The molecule has 0 aliphatic rings. The number of nitrogens with zero attached hydrogens (tertiary/aromatic N) is 1. The molecule has 1 heterocycles. The lowest BCUT2D eigenvalue weighted by Gasteiger charge is -2.05. The highest BCUT2D eigenvalue weighted by Gasteiger charge is 2.12. The fourth-order valence-electron chi connectivity index (χ4n) is 1.42. The van der Waals surface area contributed by atoms with E-state index < -0.39 is 5.91 Å². The summed E-state index contributed by atoms with van der Waals surface area (Å²) in [4.78, 5) is 15.1. The van der Waals surface area contributed by atoms with Crippen LogP contribution in [0.4, 0.5) is 0 Å². The number of halogens is 2. The van der Waals surface area contributed by atoms with Crippen LogP contribution in [0.15, 0.2) is 28.9 Å². The van der Waals surface area contributed by atoms with Crippen LogP contribution in [0.3, 0.4) is 0 Å². The van der Waals surface area contributed by atoms with Gasteiger partial charge >= 0.3 is 0 Å². The second-order valence-corrected chi connectivity index (χ2v) is 4.24. The van der Waals surface area contributed by atoms with E-state index in [1.807, 2.05) is 0 Å². The SMILES string of the molecule is NC(=O)c1ncc(Br)c2c(Cl)cccc12. The normalized spacial score (nSPS) is 10.5. The standard InChI is InChI=1S/C10H6BrClN2O/c11-6-4-14-9(10(13)15)5-2-1-3-7(12)8(5)6/h1-4H,(H2,13,15). The Morgan fingerprint density at radius 3 is 2.87 bits per heavy atom. The first kappa shape index (κ1) is 10.4. The largest absolute Gasteiger partial charge is 0.364 e. The molecule has 0 spiro atoms. The van der Waals surface area contributed by atoms with E-state index in [2.05, 4.69) is 20.9 Å². The summed E-state index contributed by atoms with van der Waals surface area (Å²) in [6.45, 7) is 0. The molecular formula is C10H6BrClN2O. The van der Waals surface area contributed by atoms with Crippen molar-refractivity contribution >= 4 is 44.2 Å². The summed E-state index contributed by atoms with van der Waals surface area (Å²) in [7, 11) is 0. The Bertz CT molecular complexity index is 548. The van der Waals surface area contributed by atoms with Crippen LogP contribution < -0.4 is 5.73 Å². The maximum atomic E-state index is 11.1. The second kappa shape index (κ2) is 3.79. The van der Waals surface area contributed by atoms with Crippen LogP contribution in [-0.2, 0) is 0 Å². The lowest BCUT2D eigenvalue weighted by Crippen LogP contribution is -2.13. The van der Waals surface area contributed by atoms with Crippen LogP contribution in [0, 0.1) is 0 Å². The predicted molar refractivity (Wildman–Crippen MR) is 63.0 cm³/mol. The lowest BCUT2D eigenvalue weighted by molar-refractivity contribution is 0.0997. The first-order valence-corrected chi connectivity index (χ1v) is 5.31. The van der Waals surface area contributed by atoms with Gasteiger partial charge in [0, 0.05) is 26.5 Å². The van der Waals surface area contributed by atoms with Crippen LogP contribution in [0.1, 0.15) is 10.5 Å². The van der Waals surface area contributed by atoms with E-state index in [0.717, 1.165) is 9.86 Å². The number of carbonyl (C=O) groups excluding carboxylic acids is 1. The van der Waals surface area contributed by atoms with E-state index in [0.29, 0.717) is 10.4 Å². The highest BCUT2D eigenvalue weighted by atomic mass is 79.9. The molecule has 0 bridgehead atoms. The van der Waals surface area contributed by atoms with Gasteiger partial charge in [-0.3, -0.25) is 4.79 Å². The maximum absolute atomic E-state index is 11.1. The Morgan fingerprint density at radius 1 is 1.47 bits per heavy atom. The van der Waals surface area contributed by atoms with Gasteiger partial charge in [0.15, 0.2) is 0 Å². The van der Waals surface area contributed by atoms with Crippen LogP contribution in [0.25, 0.3) is 10.8 Å². The number of carbonyl (C=O) groups is 1. The Hall–Kier alpha value is -1.13. The van der Waals surface area contributed by atoms with Gasteiger partial charge in [-0.15, -0.1) is 0 Å². The van der Waals surface area contributed by atoms with Crippen molar-refractivity contribution in [2.24, 2.45) is 5.73 Å². The molecule has 2 aromatic rings. The van der Waals surface area contributed by atoms with Crippen molar-refractivity contribution in [2.75, 3.05) is 0 Å². The highest BCUT2D eigenvalue weighted by Crippen LogP contribution is 2.31. The highest BCUT2D eigenvalue weighted by molar-refractivity contribution is 9.10. The van der Waals surface area contributed by atoms with E-state index in [-0.39, 0.29) is 5.69 Å². The number of amides is 1. The van der Waals surface area contributed by atoms with Crippen molar-refractivity contribution in [3.63, 3.8) is 0 Å². The molecule has 1 amide bonds. The molecule has 15 heavy (non-hydrogen) atoms. The van der Waals surface area contributed by atoms with Gasteiger partial charge in [0.05, 0.1) is 0 Å². The number of hydrogen-bond donors (Lipinski definition) is 1. The number of rotatable bonds is 1. The minimum Gasteiger partial charge on any atom is -0.364 e. The summed E-state index contributed by atoms with van der Waals surface area (Å²) < 4.78 is 0.744. The quantitative estimate of drug-likeness (QED) is 0.876. The summed E-state index contributed by atoms with van der Waals surface area (Å²) in [6, 6.07) is 5.27. The Morgan fingerprint density at radius 2 is 2.20 bits per heavy atom. The van der Waals surface area contributed by atoms with Crippen molar-refractivity contribution in [1.29, 1.82) is 0 Å². The average molecular weight is 286 g/mol. The van der Waals surface area contributed by atoms with E-state index in [9.17, 15) is 4.79 Å². The van der Waals surface area contributed by atoms with Gasteiger partial charge in [-0.2, -0.15) is 0 Å². The topological polar surface area (TPSA) is 56.0 Å². The van der Waals surface area contributed by atoms with Crippen LogP contribution in [0.2, 0.25) is 5.02 Å². The van der Waals surface area contributed by atoms with Crippen molar-refractivity contribution in [3.8, 4) is 0 Å². The summed E-state index contributed by atoms with van der Waals surface area (Å²) >= 11 is 9.36. The third kappa shape index (κ3) is 1.70. The molecule has 76 valence electrons. The maximum Gasteiger partial charge on any atom is 0.267 e. The molecule has 1 aromatic carbocycles. The van der Waals surface area contributed by atoms with Crippen LogP contribution >= 0.6 is 27.5 Å². The van der Waals surface area contributed by atoms with Gasteiger partial charge < -0.3 is 5.73 Å². The van der Waals surface area contributed by atoms with Crippen LogP contribution in [-0.4, -0.2) is 10.9 Å². The van der Waals surface area contributed by atoms with Gasteiger partial charge in [0.1, 0.15) is 5.69 Å². The molecule has 1 aromatic heterocycles. The zero-order valence-electron chi connectivity index (χ0n) is 7.50. The Kier molecular flexibility index (Phi) is 2.63. The summed E-state index contributed by atoms with van der Waals surface area (Å²) in [5, 5.41) is 1.97. The molecule has 0 fully saturated rings. The molecule has 0 unspecified atom stereocenters. The fourth-order valence-corrected chi connectivity index (χ4v) is 2.34. The number of primary amides is 1. The Balaban J connectivity index is 2.95. The van der Waals surface area contributed by atoms with Gasteiger partial charge in [0.25, 0.3) is 5.91 Å². The summed E-state index contributed by atoms with van der Waals surface area (Å²) in [5.41, 5.74) is 5.45. The second-order valence-electron chi connectivity index (χ2n) is 2.98. The minimum atomic E-state index is -0.560. The zero-order valence-corrected chi connectivity index (χ0v) is 9.84. The van der Waals surface area contributed by atoms with Gasteiger partial charge in [-0.1, -0.05) is 23.7 Å². The first-order valence-electron chi connectivity index (χ1n) is 4.14. The van der Waals surface area contributed by atoms with Crippen molar-refractivity contribution in [1.82, 2.24) is 4.98 Å². The molecule has 0 aliphatic heterocycles. The average Bonchev–Trinajstić information content (AvgIpc) is 2.17. The molecule has 0 saturated heterocycles. The number of hydrogen-bond acceptors (Lipinski definition) is 2. The lowest BCUT2D eigenvalue weighted by atomic mass is 10.1. The number of aromatic nitrogens is 1. The molecule has 0 saturated carbocycles. The Labute approximate surface area is 99.4 Å². The van der Waals surface area contributed by atoms with Gasteiger partial charge in [0.2, 0.25) is 0 Å². The molecule has 0 aliphatic carbocycles. The molecule has 0 radical (unpaired) electrons. The number of benzene rings is 1. The zero-order chi connectivity index (χ0) is 11.0. The monoisotopic (exact) mass is 284 g/mol. The fraction of sp³-hybridized carbons (Fsp3) is 0. The number of pyridine rings is 1. The number of nitrogens with two attached hydrogens (primary N) is 1. The van der Waals surface area contributed by atoms with E-state index in [4.69, 9.17) is 17.3 Å². The molecule has 2 rings (SSSR count). The van der Waals surface area contributed by atoms with E-state index in [1.54, 1.807) is 18.2 Å². The third-order valence-electron chi connectivity index (χ3n) is 2.05.